The zero-order chi connectivity index (χ0) is 15.2. The van der Waals surface area contributed by atoms with Gasteiger partial charge in [-0.2, -0.15) is 0 Å². The second-order valence-electron chi connectivity index (χ2n) is 6.67. The smallest absolute Gasteiger partial charge is 0.128 e. The van der Waals surface area contributed by atoms with Gasteiger partial charge < -0.3 is 15.1 Å². The van der Waals surface area contributed by atoms with Crippen LogP contribution in [-0.2, 0) is 6.54 Å². The van der Waals surface area contributed by atoms with Gasteiger partial charge in [0.1, 0.15) is 5.82 Å². The number of rotatable bonds is 7. The van der Waals surface area contributed by atoms with Crippen molar-refractivity contribution in [1.82, 2.24) is 15.2 Å². The van der Waals surface area contributed by atoms with Crippen molar-refractivity contribution < 1.29 is 0 Å². The molecule has 4 nitrogen and oxygen atoms in total. The van der Waals surface area contributed by atoms with E-state index in [0.29, 0.717) is 12.0 Å². The van der Waals surface area contributed by atoms with Crippen molar-refractivity contribution in [2.75, 3.05) is 38.6 Å². The fraction of sp³-hybridized carbons (Fsp3) is 0.706. The Labute approximate surface area is 129 Å². The van der Waals surface area contributed by atoms with Gasteiger partial charge >= 0.3 is 0 Å². The molecule has 118 valence electrons. The van der Waals surface area contributed by atoms with Crippen LogP contribution in [0.15, 0.2) is 18.2 Å². The molecule has 0 saturated carbocycles. The predicted molar refractivity (Wildman–Crippen MR) is 89.7 cm³/mol. The molecule has 1 aromatic rings. The molecule has 2 heterocycles. The number of aromatic nitrogens is 1. The Morgan fingerprint density at radius 2 is 2.24 bits per heavy atom. The maximum Gasteiger partial charge on any atom is 0.128 e. The number of hydrogen-bond donors (Lipinski definition) is 1. The second-order valence-corrected chi connectivity index (χ2v) is 6.67. The summed E-state index contributed by atoms with van der Waals surface area (Å²) in [4.78, 5) is 9.53. The van der Waals surface area contributed by atoms with Gasteiger partial charge in [0.05, 0.1) is 5.69 Å². The molecule has 0 bridgehead atoms. The summed E-state index contributed by atoms with van der Waals surface area (Å²) in [5.74, 6) is 1.76. The Morgan fingerprint density at radius 1 is 1.43 bits per heavy atom. The molecular formula is C17H30N4. The SMILES string of the molecule is CC(C)CNCc1cccc(N(C)CC2CCCN2C)n1. The van der Waals surface area contributed by atoms with Crippen molar-refractivity contribution in [1.29, 1.82) is 0 Å². The molecule has 21 heavy (non-hydrogen) atoms. The number of hydrogen-bond acceptors (Lipinski definition) is 4. The average molecular weight is 290 g/mol. The summed E-state index contributed by atoms with van der Waals surface area (Å²) in [7, 11) is 4.38. The van der Waals surface area contributed by atoms with Gasteiger partial charge in [-0.1, -0.05) is 19.9 Å². The van der Waals surface area contributed by atoms with Crippen LogP contribution in [0.5, 0.6) is 0 Å². The molecule has 4 heteroatoms. The van der Waals surface area contributed by atoms with Gasteiger partial charge in [-0.05, 0) is 51.0 Å². The van der Waals surface area contributed by atoms with Gasteiger partial charge in [0.2, 0.25) is 0 Å². The third-order valence-electron chi connectivity index (χ3n) is 4.20. The molecule has 0 amide bonds. The first-order valence-electron chi connectivity index (χ1n) is 8.14. The van der Waals surface area contributed by atoms with Gasteiger partial charge in [0, 0.05) is 26.2 Å². The van der Waals surface area contributed by atoms with Crippen molar-refractivity contribution in [2.24, 2.45) is 5.92 Å². The van der Waals surface area contributed by atoms with Crippen molar-refractivity contribution >= 4 is 5.82 Å². The molecule has 1 unspecified atom stereocenters. The number of likely N-dealkylation sites (tertiary alicyclic amines) is 1. The molecule has 0 aromatic carbocycles. The summed E-state index contributed by atoms with van der Waals surface area (Å²) in [6, 6.07) is 7.00. The lowest BCUT2D eigenvalue weighted by Crippen LogP contribution is -2.37. The molecule has 0 radical (unpaired) electrons. The van der Waals surface area contributed by atoms with E-state index in [2.05, 4.69) is 61.3 Å². The third kappa shape index (κ3) is 4.97. The minimum atomic E-state index is 0.666. The summed E-state index contributed by atoms with van der Waals surface area (Å²) in [5, 5.41) is 3.46. The van der Waals surface area contributed by atoms with Crippen molar-refractivity contribution in [3.05, 3.63) is 23.9 Å². The van der Waals surface area contributed by atoms with Gasteiger partial charge in [0.15, 0.2) is 0 Å². The Bertz CT molecular complexity index is 433. The summed E-state index contributed by atoms with van der Waals surface area (Å²) in [6.45, 7) is 8.63. The van der Waals surface area contributed by atoms with Gasteiger partial charge in [-0.25, -0.2) is 4.98 Å². The predicted octanol–water partition coefficient (Wildman–Crippen LogP) is 2.36. The van der Waals surface area contributed by atoms with E-state index in [1.807, 2.05) is 0 Å². The summed E-state index contributed by atoms with van der Waals surface area (Å²) in [6.07, 6.45) is 2.62. The molecular weight excluding hydrogens is 260 g/mol. The van der Waals surface area contributed by atoms with E-state index in [-0.39, 0.29) is 0 Å². The van der Waals surface area contributed by atoms with Crippen molar-refractivity contribution in [2.45, 2.75) is 39.3 Å². The van der Waals surface area contributed by atoms with Crippen LogP contribution < -0.4 is 10.2 Å². The zero-order valence-corrected chi connectivity index (χ0v) is 14.0. The van der Waals surface area contributed by atoms with Crippen molar-refractivity contribution in [3.63, 3.8) is 0 Å². The van der Waals surface area contributed by atoms with Crippen LogP contribution in [-0.4, -0.2) is 49.7 Å². The molecule has 1 saturated heterocycles. The lowest BCUT2D eigenvalue weighted by molar-refractivity contribution is 0.314. The molecule has 1 aliphatic heterocycles. The van der Waals surface area contributed by atoms with Crippen LogP contribution in [0.3, 0.4) is 0 Å². The van der Waals surface area contributed by atoms with Gasteiger partial charge in [-0.15, -0.1) is 0 Å². The maximum atomic E-state index is 4.78. The Balaban J connectivity index is 1.89. The summed E-state index contributed by atoms with van der Waals surface area (Å²) in [5.41, 5.74) is 1.12. The number of pyridine rings is 1. The standard InChI is InChI=1S/C17H30N4/c1-14(2)11-18-12-15-7-5-9-17(19-15)21(4)13-16-8-6-10-20(16)3/h5,7,9,14,16,18H,6,8,10-13H2,1-4H3. The molecule has 1 aliphatic rings. The van der Waals surface area contributed by atoms with E-state index in [0.717, 1.165) is 31.1 Å². The van der Waals surface area contributed by atoms with Gasteiger partial charge in [0.25, 0.3) is 0 Å². The first kappa shape index (κ1) is 16.2. The molecule has 1 aromatic heterocycles. The van der Waals surface area contributed by atoms with Crippen LogP contribution in [0.25, 0.3) is 0 Å². The minimum absolute atomic E-state index is 0.666. The first-order chi connectivity index (χ1) is 10.1. The number of nitrogens with zero attached hydrogens (tertiary/aromatic N) is 3. The second kappa shape index (κ2) is 7.76. The van der Waals surface area contributed by atoms with E-state index in [4.69, 9.17) is 4.98 Å². The Hall–Kier alpha value is -1.13. The fourth-order valence-corrected chi connectivity index (χ4v) is 2.89. The Morgan fingerprint density at radius 3 is 2.90 bits per heavy atom. The van der Waals surface area contributed by atoms with Crippen LogP contribution in [0.4, 0.5) is 5.82 Å². The van der Waals surface area contributed by atoms with Crippen LogP contribution >= 0.6 is 0 Å². The van der Waals surface area contributed by atoms with Gasteiger partial charge in [-0.3, -0.25) is 0 Å². The highest BCUT2D eigenvalue weighted by Gasteiger charge is 2.22. The number of anilines is 1. The first-order valence-corrected chi connectivity index (χ1v) is 8.14. The highest BCUT2D eigenvalue weighted by molar-refractivity contribution is 5.38. The molecule has 0 aliphatic carbocycles. The van der Waals surface area contributed by atoms with Crippen LogP contribution in [0.2, 0.25) is 0 Å². The quantitative estimate of drug-likeness (QED) is 0.835. The lowest BCUT2D eigenvalue weighted by Gasteiger charge is -2.26. The number of nitrogens with one attached hydrogen (secondary N) is 1. The van der Waals surface area contributed by atoms with Crippen molar-refractivity contribution in [3.8, 4) is 0 Å². The molecule has 0 spiro atoms. The van der Waals surface area contributed by atoms with E-state index in [9.17, 15) is 0 Å². The molecule has 1 fully saturated rings. The largest absolute Gasteiger partial charge is 0.358 e. The maximum absolute atomic E-state index is 4.78. The van der Waals surface area contributed by atoms with E-state index >= 15 is 0 Å². The molecule has 1 N–H and O–H groups in total. The topological polar surface area (TPSA) is 31.4 Å². The lowest BCUT2D eigenvalue weighted by atomic mass is 10.2. The molecule has 1 atom stereocenters. The third-order valence-corrected chi connectivity index (χ3v) is 4.20. The Kier molecular flexibility index (Phi) is 6.00. The zero-order valence-electron chi connectivity index (χ0n) is 14.0. The van der Waals surface area contributed by atoms with E-state index < -0.39 is 0 Å². The normalized spacial score (nSPS) is 19.4. The summed E-state index contributed by atoms with van der Waals surface area (Å²) < 4.78 is 0. The van der Waals surface area contributed by atoms with E-state index in [1.54, 1.807) is 0 Å². The summed E-state index contributed by atoms with van der Waals surface area (Å²) >= 11 is 0. The molecule has 2 rings (SSSR count). The minimum Gasteiger partial charge on any atom is -0.358 e. The van der Waals surface area contributed by atoms with E-state index in [1.165, 1.54) is 19.4 Å². The average Bonchev–Trinajstić information content (AvgIpc) is 2.84. The number of likely N-dealkylation sites (N-methyl/N-ethyl adjacent to an activating group) is 2. The monoisotopic (exact) mass is 290 g/mol. The van der Waals surface area contributed by atoms with Crippen LogP contribution in [0.1, 0.15) is 32.4 Å². The highest BCUT2D eigenvalue weighted by Crippen LogP contribution is 2.18. The fourth-order valence-electron chi connectivity index (χ4n) is 2.89. The highest BCUT2D eigenvalue weighted by atomic mass is 15.2. The van der Waals surface area contributed by atoms with Crippen LogP contribution in [0, 0.1) is 5.92 Å².